The second-order valence-electron chi connectivity index (χ2n) is 7.17. The molecule has 1 atom stereocenters. The van der Waals surface area contributed by atoms with Crippen molar-refractivity contribution in [2.45, 2.75) is 32.3 Å². The van der Waals surface area contributed by atoms with E-state index in [0.717, 1.165) is 30.2 Å². The largest absolute Gasteiger partial charge is 0.486 e. The number of fused-ring (bicyclic) bond motifs is 1. The van der Waals surface area contributed by atoms with Crippen LogP contribution >= 0.6 is 0 Å². The summed E-state index contributed by atoms with van der Waals surface area (Å²) < 4.78 is 33.9. The third-order valence-corrected chi connectivity index (χ3v) is 4.70. The molecule has 1 unspecified atom stereocenters. The van der Waals surface area contributed by atoms with Crippen LogP contribution in [0.5, 0.6) is 5.75 Å². The van der Waals surface area contributed by atoms with Crippen LogP contribution in [0.25, 0.3) is 28.2 Å². The summed E-state index contributed by atoms with van der Waals surface area (Å²) in [5.41, 5.74) is 2.18. The first-order chi connectivity index (χ1) is 14.5. The highest BCUT2D eigenvalue weighted by molar-refractivity contribution is 5.84. The lowest BCUT2D eigenvalue weighted by Crippen LogP contribution is -2.00. The number of pyridine rings is 1. The molecule has 1 heterocycles. The van der Waals surface area contributed by atoms with Crippen molar-refractivity contribution < 1.29 is 18.6 Å². The number of nitrogens with zero attached hydrogens (tertiary/aromatic N) is 1. The molecule has 30 heavy (non-hydrogen) atoms. The van der Waals surface area contributed by atoms with Gasteiger partial charge in [0.25, 0.3) is 0 Å². The molecule has 0 aliphatic carbocycles. The third kappa shape index (κ3) is 5.30. The summed E-state index contributed by atoms with van der Waals surface area (Å²) in [6.45, 7) is 5.38. The zero-order chi connectivity index (χ0) is 21.5. The summed E-state index contributed by atoms with van der Waals surface area (Å²) in [6.07, 6.45) is 7.94. The second kappa shape index (κ2) is 10.1. The molecule has 0 radical (unpaired) electrons. The molecule has 3 rings (SSSR count). The highest BCUT2D eigenvalue weighted by Crippen LogP contribution is 2.30. The van der Waals surface area contributed by atoms with Crippen LogP contribution in [0.3, 0.4) is 0 Å². The van der Waals surface area contributed by atoms with Crippen LogP contribution in [0.1, 0.15) is 31.7 Å². The Morgan fingerprint density at radius 2 is 1.97 bits per heavy atom. The molecule has 3 aromatic rings. The fourth-order valence-corrected chi connectivity index (χ4v) is 3.14. The van der Waals surface area contributed by atoms with Crippen LogP contribution in [-0.2, 0) is 0 Å². The van der Waals surface area contributed by atoms with Crippen LogP contribution in [0.15, 0.2) is 61.2 Å². The summed E-state index contributed by atoms with van der Waals surface area (Å²) in [5, 5.41) is 10.2. The van der Waals surface area contributed by atoms with E-state index in [2.05, 4.69) is 17.6 Å². The van der Waals surface area contributed by atoms with Gasteiger partial charge in [0.1, 0.15) is 6.61 Å². The smallest absolute Gasteiger partial charge is 0.201 e. The number of benzene rings is 2. The number of hydrogen-bond donors (Lipinski definition) is 1. The maximum absolute atomic E-state index is 14.5. The Morgan fingerprint density at radius 1 is 1.13 bits per heavy atom. The van der Waals surface area contributed by atoms with E-state index < -0.39 is 11.6 Å². The molecule has 156 valence electrons. The van der Waals surface area contributed by atoms with E-state index in [1.807, 2.05) is 30.3 Å². The quantitative estimate of drug-likeness (QED) is 0.333. The number of ether oxygens (including phenoxy) is 1. The molecular weight excluding hydrogens is 384 g/mol. The van der Waals surface area contributed by atoms with E-state index in [1.54, 1.807) is 13.0 Å². The van der Waals surface area contributed by atoms with Crippen molar-refractivity contribution in [3.05, 3.63) is 78.4 Å². The van der Waals surface area contributed by atoms with Crippen LogP contribution in [0, 0.1) is 11.6 Å². The summed E-state index contributed by atoms with van der Waals surface area (Å²) in [5.74, 6) is -2.17. The number of aromatic nitrogens is 1. The Bertz CT molecular complexity index is 1060. The molecule has 0 amide bonds. The molecule has 0 bridgehead atoms. The monoisotopic (exact) mass is 409 g/mol. The van der Waals surface area contributed by atoms with Gasteiger partial charge in [-0.1, -0.05) is 36.9 Å². The van der Waals surface area contributed by atoms with Crippen molar-refractivity contribution in [3.8, 4) is 17.0 Å². The van der Waals surface area contributed by atoms with Gasteiger partial charge < -0.3 is 9.84 Å². The Balaban J connectivity index is 1.80. The van der Waals surface area contributed by atoms with Crippen LogP contribution in [0.2, 0.25) is 0 Å². The first-order valence-electron chi connectivity index (χ1n) is 9.97. The van der Waals surface area contributed by atoms with Crippen molar-refractivity contribution in [2.24, 2.45) is 0 Å². The van der Waals surface area contributed by atoms with E-state index in [0.29, 0.717) is 11.2 Å². The van der Waals surface area contributed by atoms with Gasteiger partial charge in [-0.3, -0.25) is 0 Å². The second-order valence-corrected chi connectivity index (χ2v) is 7.17. The lowest BCUT2D eigenvalue weighted by atomic mass is 10.1. The SMILES string of the molecule is C=CCOc1ccc(-c2ccc3cc(C=CCCCC(C)O)ccc3n2)c(F)c1F. The van der Waals surface area contributed by atoms with E-state index in [1.165, 1.54) is 18.2 Å². The molecule has 1 N–H and O–H groups in total. The Kier molecular flexibility index (Phi) is 7.31. The van der Waals surface area contributed by atoms with Gasteiger partial charge in [-0.2, -0.15) is 4.39 Å². The topological polar surface area (TPSA) is 42.4 Å². The number of hydrogen-bond acceptors (Lipinski definition) is 3. The standard InChI is InChI=1S/C25H25F2NO2/c1-3-15-30-23-14-11-20(24(26)25(23)27)22-13-10-19-16-18(9-12-21(19)28-22)8-6-4-5-7-17(2)29/h3,6,8-14,16-17,29H,1,4-5,7,15H2,2H3. The fraction of sp³-hybridized carbons (Fsp3) is 0.240. The number of unbranched alkanes of at least 4 members (excludes halogenated alkanes) is 1. The summed E-state index contributed by atoms with van der Waals surface area (Å²) in [6, 6.07) is 12.2. The Morgan fingerprint density at radius 3 is 2.73 bits per heavy atom. The highest BCUT2D eigenvalue weighted by Gasteiger charge is 2.16. The molecule has 0 saturated carbocycles. The lowest BCUT2D eigenvalue weighted by Gasteiger charge is -2.09. The van der Waals surface area contributed by atoms with Crippen molar-refractivity contribution in [1.29, 1.82) is 0 Å². The predicted molar refractivity (Wildman–Crippen MR) is 117 cm³/mol. The molecule has 2 aromatic carbocycles. The number of rotatable bonds is 9. The Labute approximate surface area is 175 Å². The number of aliphatic hydroxyl groups is 1. The average molecular weight is 409 g/mol. The van der Waals surface area contributed by atoms with Gasteiger partial charge in [0, 0.05) is 10.9 Å². The minimum atomic E-state index is -1.03. The molecule has 0 spiro atoms. The lowest BCUT2D eigenvalue weighted by molar-refractivity contribution is 0.182. The van der Waals surface area contributed by atoms with Gasteiger partial charge in [0.2, 0.25) is 5.82 Å². The van der Waals surface area contributed by atoms with E-state index >= 15 is 0 Å². The first-order valence-corrected chi connectivity index (χ1v) is 9.97. The van der Waals surface area contributed by atoms with Crippen LogP contribution in [0.4, 0.5) is 8.78 Å². The number of aliphatic hydroxyl groups excluding tert-OH is 1. The summed E-state index contributed by atoms with van der Waals surface area (Å²) in [4.78, 5) is 4.49. The molecule has 3 nitrogen and oxygen atoms in total. The fourth-order valence-electron chi connectivity index (χ4n) is 3.14. The zero-order valence-electron chi connectivity index (χ0n) is 16.9. The van der Waals surface area contributed by atoms with E-state index in [4.69, 9.17) is 4.74 Å². The molecule has 0 aliphatic heterocycles. The van der Waals surface area contributed by atoms with Crippen molar-refractivity contribution in [1.82, 2.24) is 4.98 Å². The minimum absolute atomic E-state index is 0.0856. The van der Waals surface area contributed by atoms with Crippen molar-refractivity contribution in [2.75, 3.05) is 6.61 Å². The normalized spacial score (nSPS) is 12.4. The van der Waals surface area contributed by atoms with Gasteiger partial charge in [0.15, 0.2) is 11.6 Å². The Hall–Kier alpha value is -3.05. The van der Waals surface area contributed by atoms with Gasteiger partial charge in [-0.25, -0.2) is 9.37 Å². The average Bonchev–Trinajstić information content (AvgIpc) is 2.74. The van der Waals surface area contributed by atoms with E-state index in [-0.39, 0.29) is 24.0 Å². The van der Waals surface area contributed by atoms with Crippen molar-refractivity contribution >= 4 is 17.0 Å². The van der Waals surface area contributed by atoms with Gasteiger partial charge >= 0.3 is 0 Å². The van der Waals surface area contributed by atoms with E-state index in [9.17, 15) is 13.9 Å². The van der Waals surface area contributed by atoms with Crippen LogP contribution in [-0.4, -0.2) is 22.8 Å². The molecule has 0 fully saturated rings. The van der Waals surface area contributed by atoms with Crippen LogP contribution < -0.4 is 4.74 Å². The molecule has 0 saturated heterocycles. The molecule has 1 aromatic heterocycles. The highest BCUT2D eigenvalue weighted by atomic mass is 19.2. The summed E-state index contributed by atoms with van der Waals surface area (Å²) in [7, 11) is 0. The molecular formula is C25H25F2NO2. The van der Waals surface area contributed by atoms with Gasteiger partial charge in [0.05, 0.1) is 17.3 Å². The maximum Gasteiger partial charge on any atom is 0.201 e. The molecule has 5 heteroatoms. The third-order valence-electron chi connectivity index (χ3n) is 4.70. The number of halogens is 2. The number of allylic oxidation sites excluding steroid dienone is 1. The summed E-state index contributed by atoms with van der Waals surface area (Å²) >= 11 is 0. The minimum Gasteiger partial charge on any atom is -0.486 e. The van der Waals surface area contributed by atoms with Crippen molar-refractivity contribution in [3.63, 3.8) is 0 Å². The zero-order valence-corrected chi connectivity index (χ0v) is 16.9. The maximum atomic E-state index is 14.5. The first kappa shape index (κ1) is 21.7. The van der Waals surface area contributed by atoms with Gasteiger partial charge in [-0.05, 0) is 62.1 Å². The molecule has 0 aliphatic rings. The predicted octanol–water partition coefficient (Wildman–Crippen LogP) is 6.31. The van der Waals surface area contributed by atoms with Gasteiger partial charge in [-0.15, -0.1) is 0 Å².